The van der Waals surface area contributed by atoms with E-state index in [9.17, 15) is 19.2 Å². The van der Waals surface area contributed by atoms with Crippen LogP contribution in [0.3, 0.4) is 0 Å². The Labute approximate surface area is 168 Å². The van der Waals surface area contributed by atoms with Crippen molar-refractivity contribution in [1.82, 2.24) is 15.1 Å². The molecule has 0 aromatic carbocycles. The monoisotopic (exact) mass is 418 g/mol. The van der Waals surface area contributed by atoms with Crippen molar-refractivity contribution in [3.05, 3.63) is 0 Å². The summed E-state index contributed by atoms with van der Waals surface area (Å²) in [5.41, 5.74) is 5.77. The van der Waals surface area contributed by atoms with E-state index in [2.05, 4.69) is 30.6 Å². The summed E-state index contributed by atoms with van der Waals surface area (Å²) >= 11 is 7.97. The Balaban J connectivity index is 2.09. The summed E-state index contributed by atoms with van der Waals surface area (Å²) in [5, 5.41) is 11.5. The molecule has 2 aliphatic rings. The van der Waals surface area contributed by atoms with Crippen molar-refractivity contribution in [1.29, 1.82) is 0 Å². The molecule has 2 heterocycles. The molecule has 2 aliphatic heterocycles. The standard InChI is InChI=1S/C16H26N4O5S2/c17-9(7-26)14(22)20-6-2-4-12(20)15(23)19-5-1-3-11(19)13(21)18-10(8-27)16(24)25/h9-12,26-27H,1-8,17H2,(H,18,21)(H,24,25). The first kappa shape index (κ1) is 21.8. The maximum absolute atomic E-state index is 13.0. The number of rotatable bonds is 7. The van der Waals surface area contributed by atoms with E-state index in [1.165, 1.54) is 9.80 Å². The van der Waals surface area contributed by atoms with Crippen molar-refractivity contribution in [2.45, 2.75) is 49.9 Å². The summed E-state index contributed by atoms with van der Waals surface area (Å²) in [6.07, 6.45) is 2.29. The molecule has 2 fully saturated rings. The lowest BCUT2D eigenvalue weighted by Gasteiger charge is -2.32. The summed E-state index contributed by atoms with van der Waals surface area (Å²) in [7, 11) is 0. The van der Waals surface area contributed by atoms with Crippen LogP contribution < -0.4 is 11.1 Å². The third-order valence-electron chi connectivity index (χ3n) is 4.97. The van der Waals surface area contributed by atoms with Crippen LogP contribution >= 0.6 is 25.3 Å². The quantitative estimate of drug-likeness (QED) is 0.327. The maximum atomic E-state index is 13.0. The zero-order valence-corrected chi connectivity index (χ0v) is 16.7. The second-order valence-electron chi connectivity index (χ2n) is 6.75. The second kappa shape index (κ2) is 9.65. The minimum absolute atomic E-state index is 0.0474. The number of nitrogens with one attached hydrogen (secondary N) is 1. The molecule has 0 aromatic heterocycles. The van der Waals surface area contributed by atoms with Gasteiger partial charge in [-0.15, -0.1) is 0 Å². The highest BCUT2D eigenvalue weighted by Gasteiger charge is 2.43. The number of hydrogen-bond donors (Lipinski definition) is 5. The van der Waals surface area contributed by atoms with Gasteiger partial charge in [-0.2, -0.15) is 25.3 Å². The summed E-state index contributed by atoms with van der Waals surface area (Å²) in [6, 6.07) is -3.27. The summed E-state index contributed by atoms with van der Waals surface area (Å²) < 4.78 is 0. The van der Waals surface area contributed by atoms with Crippen LogP contribution in [0.5, 0.6) is 0 Å². The molecule has 0 bridgehead atoms. The third-order valence-corrected chi connectivity index (χ3v) is 5.73. The van der Waals surface area contributed by atoms with Gasteiger partial charge in [-0.1, -0.05) is 0 Å². The molecule has 0 radical (unpaired) electrons. The fraction of sp³-hybridized carbons (Fsp3) is 0.750. The average Bonchev–Trinajstić information content (AvgIpc) is 3.33. The Morgan fingerprint density at radius 3 is 2.19 bits per heavy atom. The number of likely N-dealkylation sites (tertiary alicyclic amines) is 2. The molecule has 0 spiro atoms. The number of carbonyl (C=O) groups is 4. The van der Waals surface area contributed by atoms with Crippen molar-refractivity contribution >= 4 is 48.9 Å². The number of hydrogen-bond acceptors (Lipinski definition) is 7. The van der Waals surface area contributed by atoms with E-state index >= 15 is 0 Å². The average molecular weight is 419 g/mol. The highest BCUT2D eigenvalue weighted by molar-refractivity contribution is 7.80. The minimum atomic E-state index is -1.18. The predicted octanol–water partition coefficient (Wildman–Crippen LogP) is -1.28. The number of nitrogens with zero attached hydrogens (tertiary/aromatic N) is 2. The molecule has 0 saturated carbocycles. The number of carboxylic acids is 1. The van der Waals surface area contributed by atoms with Crippen molar-refractivity contribution in [2.24, 2.45) is 5.73 Å². The first-order valence-corrected chi connectivity index (χ1v) is 10.2. The smallest absolute Gasteiger partial charge is 0.327 e. The Morgan fingerprint density at radius 2 is 1.63 bits per heavy atom. The Hall–Kier alpha value is -1.46. The Morgan fingerprint density at radius 1 is 1.04 bits per heavy atom. The number of nitrogens with two attached hydrogens (primary N) is 1. The van der Waals surface area contributed by atoms with Gasteiger partial charge in [0.2, 0.25) is 17.7 Å². The van der Waals surface area contributed by atoms with Crippen molar-refractivity contribution in [3.63, 3.8) is 0 Å². The van der Waals surface area contributed by atoms with Gasteiger partial charge in [-0.25, -0.2) is 4.79 Å². The molecule has 0 aliphatic carbocycles. The number of thiol groups is 2. The number of carboxylic acid groups (broad SMARTS) is 1. The predicted molar refractivity (Wildman–Crippen MR) is 105 cm³/mol. The van der Waals surface area contributed by atoms with E-state index < -0.39 is 36.0 Å². The lowest BCUT2D eigenvalue weighted by molar-refractivity contribution is -0.147. The molecule has 27 heavy (non-hydrogen) atoms. The van der Waals surface area contributed by atoms with Crippen LogP contribution in [0.2, 0.25) is 0 Å². The van der Waals surface area contributed by atoms with Crippen LogP contribution in [0, 0.1) is 0 Å². The Bertz CT molecular complexity index is 605. The molecule has 0 aromatic rings. The van der Waals surface area contributed by atoms with Gasteiger partial charge < -0.3 is 26.0 Å². The minimum Gasteiger partial charge on any atom is -0.480 e. The second-order valence-corrected chi connectivity index (χ2v) is 7.48. The molecule has 2 saturated heterocycles. The fourth-order valence-corrected chi connectivity index (χ4v) is 3.93. The summed E-state index contributed by atoms with van der Waals surface area (Å²) in [5.74, 6) is -2.16. The first-order chi connectivity index (χ1) is 12.8. The van der Waals surface area contributed by atoms with E-state index in [0.29, 0.717) is 38.8 Å². The largest absolute Gasteiger partial charge is 0.480 e. The van der Waals surface area contributed by atoms with E-state index in [1.54, 1.807) is 0 Å². The molecule has 4 unspecified atom stereocenters. The lowest BCUT2D eigenvalue weighted by Crippen LogP contribution is -2.56. The summed E-state index contributed by atoms with van der Waals surface area (Å²) in [4.78, 5) is 52.0. The molecule has 9 nitrogen and oxygen atoms in total. The van der Waals surface area contributed by atoms with E-state index in [4.69, 9.17) is 10.8 Å². The molecular formula is C16H26N4O5S2. The normalized spacial score (nSPS) is 24.6. The number of carbonyl (C=O) groups excluding carboxylic acids is 3. The molecule has 2 rings (SSSR count). The summed E-state index contributed by atoms with van der Waals surface area (Å²) in [6.45, 7) is 0.842. The van der Waals surface area contributed by atoms with Crippen LogP contribution in [-0.4, -0.2) is 87.4 Å². The molecule has 152 valence electrons. The van der Waals surface area contributed by atoms with E-state index in [0.717, 1.165) is 0 Å². The third kappa shape index (κ3) is 4.88. The van der Waals surface area contributed by atoms with Crippen molar-refractivity contribution in [3.8, 4) is 0 Å². The fourth-order valence-electron chi connectivity index (χ4n) is 3.53. The Kier molecular flexibility index (Phi) is 7.80. The highest BCUT2D eigenvalue weighted by atomic mass is 32.1. The van der Waals surface area contributed by atoms with E-state index in [1.807, 2.05) is 0 Å². The zero-order chi connectivity index (χ0) is 20.1. The van der Waals surface area contributed by atoms with Crippen LogP contribution in [0.1, 0.15) is 25.7 Å². The van der Waals surface area contributed by atoms with Gasteiger partial charge in [0.15, 0.2) is 0 Å². The van der Waals surface area contributed by atoms with Gasteiger partial charge in [0.05, 0.1) is 6.04 Å². The number of amides is 3. The molecule has 11 heteroatoms. The maximum Gasteiger partial charge on any atom is 0.327 e. The van der Waals surface area contributed by atoms with Gasteiger partial charge in [-0.05, 0) is 25.7 Å². The van der Waals surface area contributed by atoms with Gasteiger partial charge in [0.1, 0.15) is 18.1 Å². The SMILES string of the molecule is NC(CS)C(=O)N1CCCC1C(=O)N1CCCC1C(=O)NC(CS)C(=O)O. The van der Waals surface area contributed by atoms with Gasteiger partial charge in [-0.3, -0.25) is 14.4 Å². The molecule has 4 N–H and O–H groups in total. The molecule has 3 amide bonds. The van der Waals surface area contributed by atoms with Crippen LogP contribution in [0.15, 0.2) is 0 Å². The van der Waals surface area contributed by atoms with Gasteiger partial charge in [0.25, 0.3) is 0 Å². The van der Waals surface area contributed by atoms with Crippen LogP contribution in [0.4, 0.5) is 0 Å². The van der Waals surface area contributed by atoms with Crippen molar-refractivity contribution < 1.29 is 24.3 Å². The number of aliphatic carboxylic acids is 1. The lowest BCUT2D eigenvalue weighted by atomic mass is 10.1. The molecular weight excluding hydrogens is 392 g/mol. The topological polar surface area (TPSA) is 133 Å². The highest BCUT2D eigenvalue weighted by Crippen LogP contribution is 2.25. The molecule has 4 atom stereocenters. The zero-order valence-electron chi connectivity index (χ0n) is 14.9. The van der Waals surface area contributed by atoms with Crippen molar-refractivity contribution in [2.75, 3.05) is 24.6 Å². The van der Waals surface area contributed by atoms with E-state index in [-0.39, 0.29) is 23.3 Å². The van der Waals surface area contributed by atoms with Gasteiger partial charge in [0, 0.05) is 24.6 Å². The first-order valence-electron chi connectivity index (χ1n) is 8.93. The van der Waals surface area contributed by atoms with Gasteiger partial charge >= 0.3 is 5.97 Å². The van der Waals surface area contributed by atoms with Crippen LogP contribution in [0.25, 0.3) is 0 Å². The van der Waals surface area contributed by atoms with Crippen LogP contribution in [-0.2, 0) is 19.2 Å².